The summed E-state index contributed by atoms with van der Waals surface area (Å²) < 4.78 is 4.80. The minimum atomic E-state index is -0.882. The standard InChI is InChI=1S/C11H19N3O3/c1-5-17-10(15)12-9-7(2)13-14-8(9)6-11(3,4)16/h16H,5-6H2,1-4H3,(H,12,15)(H,13,14). The van der Waals surface area contributed by atoms with Crippen molar-refractivity contribution in [1.82, 2.24) is 10.2 Å². The van der Waals surface area contributed by atoms with Gasteiger partial charge in [-0.15, -0.1) is 0 Å². The zero-order valence-electron chi connectivity index (χ0n) is 10.6. The second-order valence-corrected chi connectivity index (χ2v) is 4.50. The summed E-state index contributed by atoms with van der Waals surface area (Å²) in [7, 11) is 0. The Bertz CT molecular complexity index is 393. The summed E-state index contributed by atoms with van der Waals surface area (Å²) in [6, 6.07) is 0. The Labute approximate surface area is 100 Å². The summed E-state index contributed by atoms with van der Waals surface area (Å²) in [5.41, 5.74) is 1.04. The molecular formula is C11H19N3O3. The van der Waals surface area contributed by atoms with Gasteiger partial charge in [-0.2, -0.15) is 5.10 Å². The van der Waals surface area contributed by atoms with Gasteiger partial charge in [0.15, 0.2) is 0 Å². The number of hydrogen-bond acceptors (Lipinski definition) is 4. The number of hydrogen-bond donors (Lipinski definition) is 3. The number of carbonyl (C=O) groups excluding carboxylic acids is 1. The van der Waals surface area contributed by atoms with Gasteiger partial charge in [-0.05, 0) is 27.7 Å². The quantitative estimate of drug-likeness (QED) is 0.747. The molecule has 0 aromatic carbocycles. The van der Waals surface area contributed by atoms with Gasteiger partial charge in [0, 0.05) is 6.42 Å². The average Bonchev–Trinajstić information content (AvgIpc) is 2.48. The van der Waals surface area contributed by atoms with Gasteiger partial charge in [0.2, 0.25) is 0 Å². The van der Waals surface area contributed by atoms with Crippen LogP contribution < -0.4 is 5.32 Å². The molecule has 3 N–H and O–H groups in total. The van der Waals surface area contributed by atoms with Gasteiger partial charge < -0.3 is 9.84 Å². The summed E-state index contributed by atoms with van der Waals surface area (Å²) in [6.07, 6.45) is -0.173. The number of carbonyl (C=O) groups is 1. The molecule has 0 saturated heterocycles. The van der Waals surface area contributed by atoms with Gasteiger partial charge >= 0.3 is 6.09 Å². The maximum absolute atomic E-state index is 11.3. The van der Waals surface area contributed by atoms with Gasteiger partial charge in [0.1, 0.15) is 0 Å². The van der Waals surface area contributed by atoms with E-state index in [2.05, 4.69) is 15.5 Å². The Morgan fingerprint density at radius 2 is 2.24 bits per heavy atom. The average molecular weight is 241 g/mol. The van der Waals surface area contributed by atoms with E-state index in [9.17, 15) is 9.90 Å². The van der Waals surface area contributed by atoms with Crippen LogP contribution >= 0.6 is 0 Å². The van der Waals surface area contributed by atoms with Crippen LogP contribution in [0, 0.1) is 6.92 Å². The van der Waals surface area contributed by atoms with Crippen LogP contribution in [-0.2, 0) is 11.2 Å². The van der Waals surface area contributed by atoms with Crippen LogP contribution in [0.5, 0.6) is 0 Å². The molecule has 0 fully saturated rings. The Balaban J connectivity index is 2.83. The lowest BCUT2D eigenvalue weighted by Crippen LogP contribution is -2.23. The van der Waals surface area contributed by atoms with E-state index in [1.54, 1.807) is 27.7 Å². The Morgan fingerprint density at radius 3 is 2.76 bits per heavy atom. The van der Waals surface area contributed by atoms with Crippen molar-refractivity contribution in [1.29, 1.82) is 0 Å². The van der Waals surface area contributed by atoms with E-state index in [0.717, 1.165) is 5.69 Å². The van der Waals surface area contributed by atoms with Crippen LogP contribution in [-0.4, -0.2) is 33.6 Å². The zero-order valence-corrected chi connectivity index (χ0v) is 10.6. The monoisotopic (exact) mass is 241 g/mol. The van der Waals surface area contributed by atoms with E-state index in [1.807, 2.05) is 0 Å². The Hall–Kier alpha value is -1.56. The van der Waals surface area contributed by atoms with Crippen LogP contribution in [0.3, 0.4) is 0 Å². The largest absolute Gasteiger partial charge is 0.450 e. The number of rotatable bonds is 4. The molecule has 96 valence electrons. The molecule has 1 aromatic rings. The lowest BCUT2D eigenvalue weighted by molar-refractivity contribution is 0.0800. The number of aromatic nitrogens is 2. The first-order valence-corrected chi connectivity index (χ1v) is 5.53. The van der Waals surface area contributed by atoms with Gasteiger partial charge in [0.25, 0.3) is 0 Å². The molecule has 6 nitrogen and oxygen atoms in total. The molecule has 1 aromatic heterocycles. The fourth-order valence-electron chi connectivity index (χ4n) is 1.45. The van der Waals surface area contributed by atoms with Crippen molar-refractivity contribution in [2.24, 2.45) is 0 Å². The topological polar surface area (TPSA) is 87.2 Å². The van der Waals surface area contributed by atoms with Crippen LogP contribution in [0.15, 0.2) is 0 Å². The molecule has 0 unspecified atom stereocenters. The number of nitrogens with one attached hydrogen (secondary N) is 2. The van der Waals surface area contributed by atoms with Crippen LogP contribution in [0.25, 0.3) is 0 Å². The number of anilines is 1. The number of aromatic amines is 1. The molecule has 0 spiro atoms. The van der Waals surface area contributed by atoms with Crippen LogP contribution in [0.1, 0.15) is 32.2 Å². The normalized spacial score (nSPS) is 11.4. The maximum atomic E-state index is 11.3. The zero-order chi connectivity index (χ0) is 13.1. The van der Waals surface area contributed by atoms with Crippen molar-refractivity contribution in [2.75, 3.05) is 11.9 Å². The highest BCUT2D eigenvalue weighted by atomic mass is 16.5. The number of aryl methyl sites for hydroxylation is 1. The fourth-order valence-corrected chi connectivity index (χ4v) is 1.45. The lowest BCUT2D eigenvalue weighted by atomic mass is 10.0. The van der Waals surface area contributed by atoms with Crippen LogP contribution in [0.4, 0.5) is 10.5 Å². The molecule has 0 aliphatic heterocycles. The predicted octanol–water partition coefficient (Wildman–Crippen LogP) is 1.60. The van der Waals surface area contributed by atoms with Gasteiger partial charge in [0.05, 0.1) is 29.3 Å². The minimum absolute atomic E-state index is 0.309. The molecular weight excluding hydrogens is 222 g/mol. The molecule has 0 radical (unpaired) electrons. The minimum Gasteiger partial charge on any atom is -0.450 e. The summed E-state index contributed by atoms with van der Waals surface area (Å²) in [4.78, 5) is 11.3. The molecule has 17 heavy (non-hydrogen) atoms. The second kappa shape index (κ2) is 5.18. The van der Waals surface area contributed by atoms with E-state index in [-0.39, 0.29) is 0 Å². The van der Waals surface area contributed by atoms with E-state index >= 15 is 0 Å². The molecule has 0 bridgehead atoms. The summed E-state index contributed by atoms with van der Waals surface area (Å²) in [5.74, 6) is 0. The first kappa shape index (κ1) is 13.5. The SMILES string of the molecule is CCOC(=O)Nc1c(CC(C)(C)O)n[nH]c1C. The van der Waals surface area contributed by atoms with E-state index in [0.29, 0.717) is 24.4 Å². The Morgan fingerprint density at radius 1 is 1.59 bits per heavy atom. The van der Waals surface area contributed by atoms with Gasteiger partial charge in [-0.1, -0.05) is 0 Å². The first-order chi connectivity index (χ1) is 7.83. The fraction of sp³-hybridized carbons (Fsp3) is 0.636. The van der Waals surface area contributed by atoms with Gasteiger partial charge in [-0.25, -0.2) is 4.79 Å². The molecule has 1 heterocycles. The molecule has 1 rings (SSSR count). The lowest BCUT2D eigenvalue weighted by Gasteiger charge is -2.16. The van der Waals surface area contributed by atoms with Crippen molar-refractivity contribution < 1.29 is 14.6 Å². The summed E-state index contributed by atoms with van der Waals surface area (Å²) in [5, 5.41) is 19.2. The van der Waals surface area contributed by atoms with Crippen molar-refractivity contribution >= 4 is 11.8 Å². The van der Waals surface area contributed by atoms with E-state index in [4.69, 9.17) is 4.74 Å². The third kappa shape index (κ3) is 4.07. The number of aliphatic hydroxyl groups is 1. The second-order valence-electron chi connectivity index (χ2n) is 4.50. The third-order valence-electron chi connectivity index (χ3n) is 2.12. The number of ether oxygens (including phenoxy) is 1. The van der Waals surface area contributed by atoms with Crippen molar-refractivity contribution in [2.45, 2.75) is 39.7 Å². The van der Waals surface area contributed by atoms with E-state index < -0.39 is 11.7 Å². The highest BCUT2D eigenvalue weighted by Crippen LogP contribution is 2.22. The molecule has 6 heteroatoms. The Kier molecular flexibility index (Phi) is 4.11. The van der Waals surface area contributed by atoms with E-state index in [1.165, 1.54) is 0 Å². The maximum Gasteiger partial charge on any atom is 0.411 e. The van der Waals surface area contributed by atoms with Crippen LogP contribution in [0.2, 0.25) is 0 Å². The summed E-state index contributed by atoms with van der Waals surface area (Å²) in [6.45, 7) is 7.21. The predicted molar refractivity (Wildman–Crippen MR) is 64.0 cm³/mol. The third-order valence-corrected chi connectivity index (χ3v) is 2.12. The molecule has 0 aliphatic rings. The molecule has 0 atom stereocenters. The smallest absolute Gasteiger partial charge is 0.411 e. The first-order valence-electron chi connectivity index (χ1n) is 5.53. The molecule has 1 amide bonds. The van der Waals surface area contributed by atoms with Crippen molar-refractivity contribution in [3.05, 3.63) is 11.4 Å². The van der Waals surface area contributed by atoms with Crippen molar-refractivity contribution in [3.8, 4) is 0 Å². The summed E-state index contributed by atoms with van der Waals surface area (Å²) >= 11 is 0. The van der Waals surface area contributed by atoms with Gasteiger partial charge in [-0.3, -0.25) is 10.4 Å². The number of H-pyrrole nitrogens is 1. The highest BCUT2D eigenvalue weighted by Gasteiger charge is 2.21. The highest BCUT2D eigenvalue weighted by molar-refractivity contribution is 5.86. The van der Waals surface area contributed by atoms with Crippen molar-refractivity contribution in [3.63, 3.8) is 0 Å². The molecule has 0 aliphatic carbocycles. The number of amides is 1. The molecule has 0 saturated carbocycles. The number of nitrogens with zero attached hydrogens (tertiary/aromatic N) is 1.